The van der Waals surface area contributed by atoms with Gasteiger partial charge in [-0.2, -0.15) is 0 Å². The molecule has 4 heteroatoms. The van der Waals surface area contributed by atoms with E-state index in [1.54, 1.807) is 7.11 Å². The molecule has 0 aliphatic carbocycles. The van der Waals surface area contributed by atoms with Crippen LogP contribution in [-0.2, 0) is 4.74 Å². The number of halogens is 2. The Balaban J connectivity index is 0.00000144. The van der Waals surface area contributed by atoms with E-state index in [1.807, 2.05) is 0 Å². The van der Waals surface area contributed by atoms with Gasteiger partial charge in [0.1, 0.15) is 0 Å². The second-order valence-corrected chi connectivity index (χ2v) is 9.27. The molecule has 0 fully saturated rings. The Morgan fingerprint density at radius 1 is 0.583 bits per heavy atom. The molecule has 0 N–H and O–H groups in total. The molecular formula is C20H23Cl2OP. The minimum atomic E-state index is -2.15. The molecule has 24 heavy (non-hydrogen) atoms. The second kappa shape index (κ2) is 9.81. The zero-order chi connectivity index (χ0) is 15.3. The molecule has 0 radical (unpaired) electrons. The number of benzene rings is 3. The third-order valence-corrected chi connectivity index (χ3v) is 8.84. The Bertz CT molecular complexity index is 609. The molecule has 0 bridgehead atoms. The van der Waals surface area contributed by atoms with Crippen molar-refractivity contribution in [2.24, 2.45) is 0 Å². The molecule has 0 aromatic heterocycles. The van der Waals surface area contributed by atoms with Crippen molar-refractivity contribution in [3.8, 4) is 0 Å². The fourth-order valence-electron chi connectivity index (χ4n) is 3.13. The van der Waals surface area contributed by atoms with Gasteiger partial charge in [-0.1, -0.05) is 0 Å². The van der Waals surface area contributed by atoms with Crippen molar-refractivity contribution in [3.63, 3.8) is 0 Å². The van der Waals surface area contributed by atoms with Gasteiger partial charge >= 0.3 is 132 Å². The molecule has 3 aromatic rings. The van der Waals surface area contributed by atoms with Crippen LogP contribution in [0.25, 0.3) is 0 Å². The molecule has 128 valence electrons. The van der Waals surface area contributed by atoms with Gasteiger partial charge in [-0.25, -0.2) is 0 Å². The molecule has 1 nitrogen and oxygen atoms in total. The number of methoxy groups -OCH3 is 1. The largest absolute Gasteiger partial charge is 0.147 e. The van der Waals surface area contributed by atoms with Gasteiger partial charge in [0.25, 0.3) is 0 Å². The minimum Gasteiger partial charge on any atom is -0.147 e. The maximum atomic E-state index is 5.73. The SMILES string of the molecule is COC[PH](c1ccccc1)(c1ccccc1)c1ccccc1.Cl.Cl. The summed E-state index contributed by atoms with van der Waals surface area (Å²) < 4.78 is 5.73. The van der Waals surface area contributed by atoms with E-state index in [2.05, 4.69) is 91.0 Å². The average Bonchev–Trinajstić information content (AvgIpc) is 2.62. The van der Waals surface area contributed by atoms with Gasteiger partial charge in [-0.3, -0.25) is 0 Å². The van der Waals surface area contributed by atoms with E-state index < -0.39 is 7.26 Å². The molecular weight excluding hydrogens is 358 g/mol. The Morgan fingerprint density at radius 3 is 1.12 bits per heavy atom. The molecule has 0 heterocycles. The Labute approximate surface area is 157 Å². The van der Waals surface area contributed by atoms with Gasteiger partial charge in [0, 0.05) is 0 Å². The van der Waals surface area contributed by atoms with Crippen molar-refractivity contribution >= 4 is 48.0 Å². The van der Waals surface area contributed by atoms with E-state index in [1.165, 1.54) is 15.9 Å². The zero-order valence-electron chi connectivity index (χ0n) is 13.6. The normalized spacial score (nSPS) is 11.0. The number of hydrogen-bond acceptors (Lipinski definition) is 1. The molecule has 0 amide bonds. The van der Waals surface area contributed by atoms with Crippen LogP contribution in [0, 0.1) is 0 Å². The maximum absolute atomic E-state index is 5.73. The van der Waals surface area contributed by atoms with Crippen molar-refractivity contribution < 1.29 is 4.74 Å². The van der Waals surface area contributed by atoms with Crippen molar-refractivity contribution in [2.75, 3.05) is 13.5 Å². The fraction of sp³-hybridized carbons (Fsp3) is 0.100. The summed E-state index contributed by atoms with van der Waals surface area (Å²) in [6.07, 6.45) is 0.741. The molecule has 0 spiro atoms. The predicted octanol–water partition coefficient (Wildman–Crippen LogP) is 4.16. The van der Waals surface area contributed by atoms with E-state index in [0.29, 0.717) is 0 Å². The zero-order valence-corrected chi connectivity index (χ0v) is 16.2. The quantitative estimate of drug-likeness (QED) is 0.603. The van der Waals surface area contributed by atoms with Crippen LogP contribution in [0.5, 0.6) is 0 Å². The topological polar surface area (TPSA) is 9.23 Å². The number of ether oxygens (including phenoxy) is 1. The number of hydrogen-bond donors (Lipinski definition) is 0. The van der Waals surface area contributed by atoms with E-state index >= 15 is 0 Å². The van der Waals surface area contributed by atoms with Gasteiger partial charge in [0.15, 0.2) is 0 Å². The first-order chi connectivity index (χ1) is 10.9. The van der Waals surface area contributed by atoms with Gasteiger partial charge in [0.2, 0.25) is 0 Å². The Hall–Kier alpha value is -1.37. The molecule has 3 aromatic carbocycles. The van der Waals surface area contributed by atoms with Crippen LogP contribution in [-0.4, -0.2) is 13.5 Å². The summed E-state index contributed by atoms with van der Waals surface area (Å²) in [6, 6.07) is 32.4. The predicted molar refractivity (Wildman–Crippen MR) is 113 cm³/mol. The van der Waals surface area contributed by atoms with Crippen LogP contribution in [0.4, 0.5) is 0 Å². The summed E-state index contributed by atoms with van der Waals surface area (Å²) in [5.41, 5.74) is 0. The van der Waals surface area contributed by atoms with Crippen molar-refractivity contribution in [1.82, 2.24) is 0 Å². The molecule has 0 unspecified atom stereocenters. The van der Waals surface area contributed by atoms with E-state index in [0.717, 1.165) is 6.35 Å². The van der Waals surface area contributed by atoms with Gasteiger partial charge < -0.3 is 0 Å². The molecule has 0 saturated heterocycles. The fourth-order valence-corrected chi connectivity index (χ4v) is 7.35. The first-order valence-corrected chi connectivity index (χ1v) is 9.74. The second-order valence-electron chi connectivity index (χ2n) is 5.44. The van der Waals surface area contributed by atoms with Crippen molar-refractivity contribution in [3.05, 3.63) is 91.0 Å². The summed E-state index contributed by atoms with van der Waals surface area (Å²) in [6.45, 7) is 0. The molecule has 0 aliphatic rings. The van der Waals surface area contributed by atoms with Crippen LogP contribution in [0.2, 0.25) is 0 Å². The molecule has 0 saturated carbocycles. The number of rotatable bonds is 5. The van der Waals surface area contributed by atoms with E-state index in [4.69, 9.17) is 4.74 Å². The minimum absolute atomic E-state index is 0. The van der Waals surface area contributed by atoms with Crippen molar-refractivity contribution in [1.29, 1.82) is 0 Å². The first-order valence-electron chi connectivity index (χ1n) is 7.53. The monoisotopic (exact) mass is 380 g/mol. The summed E-state index contributed by atoms with van der Waals surface area (Å²) in [7, 11) is -0.344. The van der Waals surface area contributed by atoms with Gasteiger partial charge in [0.05, 0.1) is 0 Å². The third-order valence-electron chi connectivity index (χ3n) is 4.16. The standard InChI is InChI=1S/C20H21OP.2ClH/c1-21-17-22(18-11-5-2-6-12-18,19-13-7-3-8-14-19)20-15-9-4-10-16-20;;/h2-16,22H,17H2,1H3;2*1H. The molecule has 0 aliphatic heterocycles. The van der Waals surface area contributed by atoms with Gasteiger partial charge in [-0.15, -0.1) is 24.8 Å². The van der Waals surface area contributed by atoms with Crippen LogP contribution >= 0.6 is 32.1 Å². The first kappa shape index (κ1) is 20.7. The Kier molecular flexibility index (Phi) is 8.45. The maximum Gasteiger partial charge on any atom is -0.147 e. The summed E-state index contributed by atoms with van der Waals surface area (Å²) >= 11 is 0. The van der Waals surface area contributed by atoms with E-state index in [9.17, 15) is 0 Å². The molecule has 0 atom stereocenters. The van der Waals surface area contributed by atoms with Crippen LogP contribution < -0.4 is 15.9 Å². The summed E-state index contributed by atoms with van der Waals surface area (Å²) in [5, 5.41) is 4.15. The summed E-state index contributed by atoms with van der Waals surface area (Å²) in [4.78, 5) is 0. The van der Waals surface area contributed by atoms with Crippen LogP contribution in [0.3, 0.4) is 0 Å². The van der Waals surface area contributed by atoms with Crippen LogP contribution in [0.15, 0.2) is 91.0 Å². The third kappa shape index (κ3) is 3.99. The van der Waals surface area contributed by atoms with Gasteiger partial charge in [-0.05, 0) is 0 Å². The molecule has 3 rings (SSSR count). The summed E-state index contributed by atoms with van der Waals surface area (Å²) in [5.74, 6) is 0. The Morgan fingerprint density at radius 2 is 0.875 bits per heavy atom. The van der Waals surface area contributed by atoms with Crippen molar-refractivity contribution in [2.45, 2.75) is 0 Å². The average molecular weight is 381 g/mol. The van der Waals surface area contributed by atoms with E-state index in [-0.39, 0.29) is 24.8 Å². The van der Waals surface area contributed by atoms with Crippen LogP contribution in [0.1, 0.15) is 0 Å². The smallest absolute Gasteiger partial charge is 0.147 e.